The largest absolute Gasteiger partial charge is 0.336 e. The van der Waals surface area contributed by atoms with Crippen molar-refractivity contribution in [2.24, 2.45) is 0 Å². The summed E-state index contributed by atoms with van der Waals surface area (Å²) in [4.78, 5) is 17.5. The molecule has 1 fully saturated rings. The summed E-state index contributed by atoms with van der Waals surface area (Å²) in [6.45, 7) is 0.751. The number of rotatable bonds is 2. The molecule has 1 aliphatic heterocycles. The van der Waals surface area contributed by atoms with Gasteiger partial charge in [0.15, 0.2) is 9.84 Å². The van der Waals surface area contributed by atoms with Crippen LogP contribution in [0, 0.1) is 0 Å². The van der Waals surface area contributed by atoms with E-state index in [2.05, 4.69) is 4.98 Å². The number of amides is 1. The molecular weight excluding hydrogens is 240 g/mol. The van der Waals surface area contributed by atoms with Crippen LogP contribution in [0.5, 0.6) is 0 Å². The molecule has 1 amide bonds. The monoisotopic (exact) mass is 254 g/mol. The van der Waals surface area contributed by atoms with E-state index in [1.165, 1.54) is 6.26 Å². The Morgan fingerprint density at radius 3 is 2.76 bits per heavy atom. The zero-order valence-corrected chi connectivity index (χ0v) is 10.4. The molecule has 92 valence electrons. The highest BCUT2D eigenvalue weighted by Crippen LogP contribution is 2.17. The summed E-state index contributed by atoms with van der Waals surface area (Å²) in [6, 6.07) is 5.11. The standard InChI is InChI=1S/C11H14N2O3S/c1-17(15,16)9-5-7-13(8-9)11(14)10-4-2-3-6-12-10/h2-4,6,9H,5,7-8H2,1H3/t9-/m1/s1. The topological polar surface area (TPSA) is 67.3 Å². The minimum absolute atomic E-state index is 0.197. The number of hydrogen-bond donors (Lipinski definition) is 0. The molecule has 0 saturated carbocycles. The Hall–Kier alpha value is -1.43. The smallest absolute Gasteiger partial charge is 0.272 e. The van der Waals surface area contributed by atoms with Gasteiger partial charge in [0, 0.05) is 25.5 Å². The molecule has 5 nitrogen and oxygen atoms in total. The fourth-order valence-electron chi connectivity index (χ4n) is 1.91. The van der Waals surface area contributed by atoms with Crippen molar-refractivity contribution >= 4 is 15.7 Å². The maximum Gasteiger partial charge on any atom is 0.272 e. The van der Waals surface area contributed by atoms with Crippen molar-refractivity contribution in [2.75, 3.05) is 19.3 Å². The first kappa shape index (κ1) is 12.0. The summed E-state index contributed by atoms with van der Waals surface area (Å²) in [5.74, 6) is -0.197. The Morgan fingerprint density at radius 1 is 1.47 bits per heavy atom. The van der Waals surface area contributed by atoms with E-state index in [1.807, 2.05) is 0 Å². The van der Waals surface area contributed by atoms with Crippen LogP contribution in [0.25, 0.3) is 0 Å². The van der Waals surface area contributed by atoms with Gasteiger partial charge in [-0.25, -0.2) is 8.42 Å². The third-order valence-corrected chi connectivity index (χ3v) is 4.52. The Labute approximate surface area is 100 Å². The van der Waals surface area contributed by atoms with Crippen LogP contribution >= 0.6 is 0 Å². The number of carbonyl (C=O) groups excluding carboxylic acids is 1. The van der Waals surface area contributed by atoms with Gasteiger partial charge < -0.3 is 4.90 Å². The first-order valence-corrected chi connectivity index (χ1v) is 7.33. The molecule has 17 heavy (non-hydrogen) atoms. The summed E-state index contributed by atoms with van der Waals surface area (Å²) in [7, 11) is -3.07. The molecule has 2 heterocycles. The van der Waals surface area contributed by atoms with Gasteiger partial charge in [-0.3, -0.25) is 9.78 Å². The quantitative estimate of drug-likeness (QED) is 0.763. The molecule has 0 spiro atoms. The maximum atomic E-state index is 12.0. The SMILES string of the molecule is CS(=O)(=O)[C@@H]1CCN(C(=O)c2ccccn2)C1. The fourth-order valence-corrected chi connectivity index (χ4v) is 2.90. The lowest BCUT2D eigenvalue weighted by Gasteiger charge is -2.15. The lowest BCUT2D eigenvalue weighted by molar-refractivity contribution is 0.0787. The summed E-state index contributed by atoms with van der Waals surface area (Å²) in [5, 5.41) is -0.435. The predicted molar refractivity (Wildman–Crippen MR) is 63.4 cm³/mol. The zero-order chi connectivity index (χ0) is 12.5. The van der Waals surface area contributed by atoms with Crippen molar-refractivity contribution in [1.29, 1.82) is 0 Å². The van der Waals surface area contributed by atoms with Crippen LogP contribution in [0.4, 0.5) is 0 Å². The second-order valence-electron chi connectivity index (χ2n) is 4.21. The number of sulfone groups is 1. The molecule has 0 bridgehead atoms. The molecule has 6 heteroatoms. The van der Waals surface area contributed by atoms with Crippen molar-refractivity contribution in [1.82, 2.24) is 9.88 Å². The molecule has 0 radical (unpaired) electrons. The Balaban J connectivity index is 2.10. The van der Waals surface area contributed by atoms with Crippen LogP contribution in [-0.4, -0.2) is 48.8 Å². The van der Waals surface area contributed by atoms with Crippen molar-refractivity contribution in [3.05, 3.63) is 30.1 Å². The predicted octanol–water partition coefficient (Wildman–Crippen LogP) is 0.341. The Bertz CT molecular complexity index is 513. The van der Waals surface area contributed by atoms with Crippen LogP contribution in [0.1, 0.15) is 16.9 Å². The second kappa shape index (κ2) is 4.44. The highest BCUT2D eigenvalue weighted by atomic mass is 32.2. The molecule has 1 atom stereocenters. The van der Waals surface area contributed by atoms with Gasteiger partial charge in [0.1, 0.15) is 5.69 Å². The van der Waals surface area contributed by atoms with Gasteiger partial charge in [0.2, 0.25) is 0 Å². The summed E-state index contributed by atoms with van der Waals surface area (Å²) >= 11 is 0. The van der Waals surface area contributed by atoms with Crippen molar-refractivity contribution < 1.29 is 13.2 Å². The van der Waals surface area contributed by atoms with Crippen molar-refractivity contribution in [2.45, 2.75) is 11.7 Å². The second-order valence-corrected chi connectivity index (χ2v) is 6.53. The molecule has 0 N–H and O–H groups in total. The van der Waals surface area contributed by atoms with E-state index in [9.17, 15) is 13.2 Å². The third-order valence-electron chi connectivity index (χ3n) is 2.92. The fraction of sp³-hybridized carbons (Fsp3) is 0.455. The van der Waals surface area contributed by atoms with E-state index in [-0.39, 0.29) is 12.5 Å². The first-order chi connectivity index (χ1) is 7.98. The Morgan fingerprint density at radius 2 is 2.24 bits per heavy atom. The number of aromatic nitrogens is 1. The number of pyridine rings is 1. The van der Waals surface area contributed by atoms with Crippen molar-refractivity contribution in [3.8, 4) is 0 Å². The Kier molecular flexibility index (Phi) is 3.15. The minimum Gasteiger partial charge on any atom is -0.336 e. The molecule has 0 unspecified atom stereocenters. The van der Waals surface area contributed by atoms with E-state index < -0.39 is 15.1 Å². The van der Waals surface area contributed by atoms with Crippen LogP contribution in [0.3, 0.4) is 0 Å². The highest BCUT2D eigenvalue weighted by Gasteiger charge is 2.33. The van der Waals surface area contributed by atoms with Crippen LogP contribution in [0.15, 0.2) is 24.4 Å². The van der Waals surface area contributed by atoms with Crippen molar-refractivity contribution in [3.63, 3.8) is 0 Å². The van der Waals surface area contributed by atoms with E-state index in [0.717, 1.165) is 0 Å². The van der Waals surface area contributed by atoms with Gasteiger partial charge in [-0.15, -0.1) is 0 Å². The summed E-state index contributed by atoms with van der Waals surface area (Å²) in [5.41, 5.74) is 0.363. The molecule has 2 rings (SSSR count). The lowest BCUT2D eigenvalue weighted by Crippen LogP contribution is -2.32. The van der Waals surface area contributed by atoms with Crippen LogP contribution < -0.4 is 0 Å². The van der Waals surface area contributed by atoms with Gasteiger partial charge in [-0.2, -0.15) is 0 Å². The third kappa shape index (κ3) is 2.63. The number of carbonyl (C=O) groups is 1. The van der Waals surface area contributed by atoms with Gasteiger partial charge >= 0.3 is 0 Å². The van der Waals surface area contributed by atoms with E-state index >= 15 is 0 Å². The number of hydrogen-bond acceptors (Lipinski definition) is 4. The maximum absolute atomic E-state index is 12.0. The minimum atomic E-state index is -3.07. The summed E-state index contributed by atoms with van der Waals surface area (Å²) < 4.78 is 22.8. The molecule has 1 saturated heterocycles. The number of likely N-dealkylation sites (tertiary alicyclic amines) is 1. The normalized spacial score (nSPS) is 20.5. The molecule has 0 aliphatic carbocycles. The lowest BCUT2D eigenvalue weighted by atomic mass is 10.3. The molecule has 1 aromatic rings. The van der Waals surface area contributed by atoms with Gasteiger partial charge in [0.05, 0.1) is 5.25 Å². The van der Waals surface area contributed by atoms with Crippen LogP contribution in [-0.2, 0) is 9.84 Å². The highest BCUT2D eigenvalue weighted by molar-refractivity contribution is 7.91. The average molecular weight is 254 g/mol. The molecule has 0 aromatic carbocycles. The molecule has 1 aromatic heterocycles. The molecule has 1 aliphatic rings. The molecular formula is C11H14N2O3S. The van der Waals surface area contributed by atoms with Gasteiger partial charge in [-0.05, 0) is 18.6 Å². The summed E-state index contributed by atoms with van der Waals surface area (Å²) in [6.07, 6.45) is 3.28. The van der Waals surface area contributed by atoms with E-state index in [0.29, 0.717) is 18.7 Å². The van der Waals surface area contributed by atoms with E-state index in [1.54, 1.807) is 29.3 Å². The number of nitrogens with zero attached hydrogens (tertiary/aromatic N) is 2. The van der Waals surface area contributed by atoms with Gasteiger partial charge in [-0.1, -0.05) is 6.07 Å². The van der Waals surface area contributed by atoms with E-state index in [4.69, 9.17) is 0 Å². The average Bonchev–Trinajstić information content (AvgIpc) is 2.78. The first-order valence-electron chi connectivity index (χ1n) is 5.37. The van der Waals surface area contributed by atoms with Crippen LogP contribution in [0.2, 0.25) is 0 Å². The zero-order valence-electron chi connectivity index (χ0n) is 9.54. The van der Waals surface area contributed by atoms with Gasteiger partial charge in [0.25, 0.3) is 5.91 Å².